The van der Waals surface area contributed by atoms with Gasteiger partial charge >= 0.3 is 0 Å². The van der Waals surface area contributed by atoms with Gasteiger partial charge in [-0.1, -0.05) is 11.6 Å². The third-order valence-electron chi connectivity index (χ3n) is 4.24. The van der Waals surface area contributed by atoms with E-state index in [2.05, 4.69) is 9.97 Å². The zero-order valence-electron chi connectivity index (χ0n) is 12.8. The van der Waals surface area contributed by atoms with Crippen LogP contribution in [0.2, 0.25) is 5.02 Å². The van der Waals surface area contributed by atoms with Gasteiger partial charge in [-0.2, -0.15) is 0 Å². The number of aldehydes is 1. The van der Waals surface area contributed by atoms with E-state index in [0.29, 0.717) is 40.6 Å². The average Bonchev–Trinajstić information content (AvgIpc) is 3.32. The van der Waals surface area contributed by atoms with E-state index in [9.17, 15) is 9.90 Å². The quantitative estimate of drug-likeness (QED) is 0.682. The molecule has 0 aliphatic heterocycles. The van der Waals surface area contributed by atoms with Gasteiger partial charge in [-0.3, -0.25) is 4.79 Å². The van der Waals surface area contributed by atoms with Crippen LogP contribution >= 0.6 is 11.6 Å². The molecule has 24 heavy (non-hydrogen) atoms. The summed E-state index contributed by atoms with van der Waals surface area (Å²) < 4.78 is 5.72. The van der Waals surface area contributed by atoms with E-state index in [0.717, 1.165) is 23.8 Å². The lowest BCUT2D eigenvalue weighted by atomic mass is 9.99. The summed E-state index contributed by atoms with van der Waals surface area (Å²) >= 11 is 6.05. The summed E-state index contributed by atoms with van der Waals surface area (Å²) in [5.41, 5.74) is 2.47. The van der Waals surface area contributed by atoms with Gasteiger partial charge in [0, 0.05) is 23.3 Å². The van der Waals surface area contributed by atoms with Gasteiger partial charge < -0.3 is 14.8 Å². The van der Waals surface area contributed by atoms with Crippen molar-refractivity contribution in [3.8, 4) is 22.6 Å². The van der Waals surface area contributed by atoms with Gasteiger partial charge in [0.2, 0.25) is 0 Å². The molecule has 4 rings (SSSR count). The van der Waals surface area contributed by atoms with Crippen molar-refractivity contribution < 1.29 is 14.6 Å². The molecule has 1 fully saturated rings. The standard InChI is InChI=1S/C18H15ClN2O3/c19-11-5-13-14(7-21-18(13)20-6-11)12-3-4-16(23)17(15(12)8-22)24-9-10-1-2-10/h3-8,10,23H,1-2,9H2,(H,20,21). The zero-order chi connectivity index (χ0) is 16.7. The van der Waals surface area contributed by atoms with Crippen molar-refractivity contribution in [2.75, 3.05) is 6.61 Å². The van der Waals surface area contributed by atoms with Gasteiger partial charge in [0.15, 0.2) is 17.8 Å². The minimum Gasteiger partial charge on any atom is -0.504 e. The number of carbonyl (C=O) groups excluding carboxylic acids is 1. The maximum Gasteiger partial charge on any atom is 0.172 e. The smallest absolute Gasteiger partial charge is 0.172 e. The second-order valence-corrected chi connectivity index (χ2v) is 6.44. The Bertz CT molecular complexity index is 931. The second kappa shape index (κ2) is 5.83. The van der Waals surface area contributed by atoms with Crippen molar-refractivity contribution in [2.24, 2.45) is 5.92 Å². The van der Waals surface area contributed by atoms with Crippen LogP contribution in [0.25, 0.3) is 22.2 Å². The topological polar surface area (TPSA) is 75.2 Å². The number of benzene rings is 1. The normalized spacial score (nSPS) is 14.0. The summed E-state index contributed by atoms with van der Waals surface area (Å²) in [5, 5.41) is 11.4. The molecule has 0 saturated heterocycles. The Labute approximate surface area is 143 Å². The minimum atomic E-state index is -0.0301. The second-order valence-electron chi connectivity index (χ2n) is 6.00. The number of pyridine rings is 1. The first kappa shape index (κ1) is 15.0. The molecule has 2 N–H and O–H groups in total. The molecular formula is C18H15ClN2O3. The summed E-state index contributed by atoms with van der Waals surface area (Å²) in [7, 11) is 0. The first-order valence-electron chi connectivity index (χ1n) is 7.74. The van der Waals surface area contributed by atoms with E-state index in [1.165, 1.54) is 0 Å². The maximum atomic E-state index is 11.7. The summed E-state index contributed by atoms with van der Waals surface area (Å²) in [6.07, 6.45) is 6.31. The van der Waals surface area contributed by atoms with Gasteiger partial charge in [-0.15, -0.1) is 0 Å². The maximum absolute atomic E-state index is 11.7. The summed E-state index contributed by atoms with van der Waals surface area (Å²) in [6, 6.07) is 5.04. The van der Waals surface area contributed by atoms with E-state index < -0.39 is 0 Å². The van der Waals surface area contributed by atoms with E-state index in [-0.39, 0.29) is 11.5 Å². The fourth-order valence-corrected chi connectivity index (χ4v) is 2.94. The van der Waals surface area contributed by atoms with Crippen LogP contribution in [0.5, 0.6) is 11.5 Å². The monoisotopic (exact) mass is 342 g/mol. The molecule has 122 valence electrons. The van der Waals surface area contributed by atoms with E-state index in [1.54, 1.807) is 30.6 Å². The number of nitrogens with one attached hydrogen (secondary N) is 1. The Balaban J connectivity index is 1.85. The number of aromatic nitrogens is 2. The Morgan fingerprint density at radius 2 is 2.21 bits per heavy atom. The van der Waals surface area contributed by atoms with Crippen LogP contribution < -0.4 is 4.74 Å². The highest BCUT2D eigenvalue weighted by atomic mass is 35.5. The number of ether oxygens (including phenoxy) is 1. The number of carbonyl (C=O) groups is 1. The molecule has 0 atom stereocenters. The van der Waals surface area contributed by atoms with Crippen molar-refractivity contribution in [2.45, 2.75) is 12.8 Å². The molecule has 3 aromatic rings. The van der Waals surface area contributed by atoms with Crippen LogP contribution in [0.4, 0.5) is 0 Å². The lowest BCUT2D eigenvalue weighted by Gasteiger charge is -2.13. The van der Waals surface area contributed by atoms with Gasteiger partial charge in [0.25, 0.3) is 0 Å². The molecule has 2 aromatic heterocycles. The number of nitrogens with zero attached hydrogens (tertiary/aromatic N) is 1. The molecule has 0 spiro atoms. The Morgan fingerprint density at radius 1 is 1.38 bits per heavy atom. The Kier molecular flexibility index (Phi) is 3.65. The van der Waals surface area contributed by atoms with Crippen LogP contribution in [0.1, 0.15) is 23.2 Å². The molecule has 1 aliphatic rings. The molecule has 5 nitrogen and oxygen atoms in total. The molecule has 1 aliphatic carbocycles. The lowest BCUT2D eigenvalue weighted by molar-refractivity contribution is 0.111. The van der Waals surface area contributed by atoms with Crippen LogP contribution in [0, 0.1) is 5.92 Å². The number of rotatable bonds is 5. The number of aromatic amines is 1. The van der Waals surface area contributed by atoms with Crippen molar-refractivity contribution in [1.82, 2.24) is 9.97 Å². The summed E-state index contributed by atoms with van der Waals surface area (Å²) in [6.45, 7) is 0.513. The third kappa shape index (κ3) is 2.61. The fraction of sp³-hybridized carbons (Fsp3) is 0.222. The first-order chi connectivity index (χ1) is 11.7. The van der Waals surface area contributed by atoms with E-state index >= 15 is 0 Å². The van der Waals surface area contributed by atoms with Crippen molar-refractivity contribution >= 4 is 28.9 Å². The van der Waals surface area contributed by atoms with Crippen molar-refractivity contribution in [3.05, 3.63) is 41.2 Å². The highest BCUT2D eigenvalue weighted by Crippen LogP contribution is 2.40. The number of H-pyrrole nitrogens is 1. The number of aromatic hydroxyl groups is 1. The number of phenols is 1. The van der Waals surface area contributed by atoms with Crippen LogP contribution in [-0.4, -0.2) is 28.0 Å². The highest BCUT2D eigenvalue weighted by molar-refractivity contribution is 6.31. The molecule has 2 heterocycles. The molecular weight excluding hydrogens is 328 g/mol. The Morgan fingerprint density at radius 3 is 2.96 bits per heavy atom. The predicted octanol–water partition coefficient (Wildman–Crippen LogP) is 4.19. The average molecular weight is 343 g/mol. The number of hydrogen-bond donors (Lipinski definition) is 2. The predicted molar refractivity (Wildman–Crippen MR) is 91.8 cm³/mol. The van der Waals surface area contributed by atoms with Crippen molar-refractivity contribution in [3.63, 3.8) is 0 Å². The molecule has 1 aromatic carbocycles. The summed E-state index contributed by atoms with van der Waals surface area (Å²) in [4.78, 5) is 19.0. The SMILES string of the molecule is O=Cc1c(-c2c[nH]c3ncc(Cl)cc23)ccc(O)c1OCC1CC1. The van der Waals surface area contributed by atoms with Gasteiger partial charge in [-0.05, 0) is 42.5 Å². The number of halogens is 1. The van der Waals surface area contributed by atoms with Crippen molar-refractivity contribution in [1.29, 1.82) is 0 Å². The number of phenolic OH excluding ortho intramolecular Hbond substituents is 1. The van der Waals surface area contributed by atoms with Crippen LogP contribution in [0.15, 0.2) is 30.6 Å². The third-order valence-corrected chi connectivity index (χ3v) is 4.45. The number of fused-ring (bicyclic) bond motifs is 1. The van der Waals surface area contributed by atoms with Crippen LogP contribution in [0.3, 0.4) is 0 Å². The van der Waals surface area contributed by atoms with Gasteiger partial charge in [0.05, 0.1) is 17.2 Å². The van der Waals surface area contributed by atoms with Gasteiger partial charge in [-0.25, -0.2) is 4.98 Å². The molecule has 0 amide bonds. The largest absolute Gasteiger partial charge is 0.504 e. The van der Waals surface area contributed by atoms with E-state index in [4.69, 9.17) is 16.3 Å². The van der Waals surface area contributed by atoms with Gasteiger partial charge in [0.1, 0.15) is 5.65 Å². The summed E-state index contributed by atoms with van der Waals surface area (Å²) in [5.74, 6) is 0.722. The van der Waals surface area contributed by atoms with E-state index in [1.807, 2.05) is 0 Å². The Hall–Kier alpha value is -2.53. The molecule has 6 heteroatoms. The zero-order valence-corrected chi connectivity index (χ0v) is 13.5. The van der Waals surface area contributed by atoms with Crippen LogP contribution in [-0.2, 0) is 0 Å². The minimum absolute atomic E-state index is 0.0301. The molecule has 1 saturated carbocycles. The molecule has 0 unspecified atom stereocenters. The fourth-order valence-electron chi connectivity index (χ4n) is 2.78. The lowest BCUT2D eigenvalue weighted by Crippen LogP contribution is -2.03. The molecule has 0 bridgehead atoms. The highest BCUT2D eigenvalue weighted by Gasteiger charge is 2.24. The number of hydrogen-bond acceptors (Lipinski definition) is 4. The first-order valence-corrected chi connectivity index (χ1v) is 8.12. The molecule has 0 radical (unpaired) electrons.